The van der Waals surface area contributed by atoms with Gasteiger partial charge in [-0.15, -0.1) is 0 Å². The Morgan fingerprint density at radius 2 is 2.05 bits per heavy atom. The lowest BCUT2D eigenvalue weighted by Gasteiger charge is -2.22. The maximum Gasteiger partial charge on any atom is 0.304 e. The molecule has 0 fully saturated rings. The molecule has 1 aromatic heterocycles. The Labute approximate surface area is 114 Å². The minimum Gasteiger partial charge on any atom is -0.481 e. The first-order valence-corrected chi connectivity index (χ1v) is 6.56. The molecule has 0 aliphatic heterocycles. The topological polar surface area (TPSA) is 56.7 Å². The summed E-state index contributed by atoms with van der Waals surface area (Å²) in [7, 11) is 4.08. The third-order valence-electron chi connectivity index (χ3n) is 2.83. The fraction of sp³-hybridized carbons (Fsp3) is 0.571. The summed E-state index contributed by atoms with van der Waals surface area (Å²) < 4.78 is 0. The van der Waals surface area contributed by atoms with Crippen molar-refractivity contribution < 1.29 is 9.90 Å². The Hall–Kier alpha value is -1.46. The molecule has 0 bridgehead atoms. The third kappa shape index (κ3) is 7.54. The summed E-state index contributed by atoms with van der Waals surface area (Å²) >= 11 is 0. The molecule has 1 aromatic rings. The largest absolute Gasteiger partial charge is 0.481 e. The van der Waals surface area contributed by atoms with Crippen LogP contribution >= 0.6 is 0 Å². The zero-order valence-corrected chi connectivity index (χ0v) is 11.7. The van der Waals surface area contributed by atoms with Crippen molar-refractivity contribution in [3.63, 3.8) is 0 Å². The molecule has 106 valence electrons. The monoisotopic (exact) mass is 265 g/mol. The van der Waals surface area contributed by atoms with Gasteiger partial charge in [0.25, 0.3) is 0 Å². The number of nitrogens with zero attached hydrogens (tertiary/aromatic N) is 3. The molecule has 0 aliphatic carbocycles. The normalized spacial score (nSPS) is 11.2. The van der Waals surface area contributed by atoms with Gasteiger partial charge < -0.3 is 10.0 Å². The molecule has 1 heterocycles. The number of hydrogen-bond donors (Lipinski definition) is 1. The molecule has 1 rings (SSSR count). The van der Waals surface area contributed by atoms with Gasteiger partial charge in [-0.3, -0.25) is 14.7 Å². The van der Waals surface area contributed by atoms with Gasteiger partial charge in [0.2, 0.25) is 0 Å². The second kappa shape index (κ2) is 8.61. The van der Waals surface area contributed by atoms with Crippen molar-refractivity contribution in [3.8, 4) is 0 Å². The summed E-state index contributed by atoms with van der Waals surface area (Å²) in [6.07, 6.45) is 2.97. The highest BCUT2D eigenvalue weighted by atomic mass is 16.4. The average molecular weight is 265 g/mol. The van der Waals surface area contributed by atoms with Gasteiger partial charge in [0.05, 0.1) is 12.1 Å². The van der Waals surface area contributed by atoms with Crippen LogP contribution in [0, 0.1) is 0 Å². The third-order valence-corrected chi connectivity index (χ3v) is 2.83. The lowest BCUT2D eigenvalue weighted by atomic mass is 10.2. The molecule has 0 radical (unpaired) electrons. The van der Waals surface area contributed by atoms with Gasteiger partial charge in [0.15, 0.2) is 0 Å². The smallest absolute Gasteiger partial charge is 0.304 e. The van der Waals surface area contributed by atoms with Gasteiger partial charge in [-0.2, -0.15) is 0 Å². The van der Waals surface area contributed by atoms with Gasteiger partial charge in [0, 0.05) is 19.3 Å². The second-order valence-corrected chi connectivity index (χ2v) is 4.90. The summed E-state index contributed by atoms with van der Waals surface area (Å²) in [6.45, 7) is 3.18. The van der Waals surface area contributed by atoms with E-state index in [1.165, 1.54) is 0 Å². The zero-order chi connectivity index (χ0) is 14.1. The molecule has 0 atom stereocenters. The highest BCUT2D eigenvalue weighted by Crippen LogP contribution is 2.03. The number of aliphatic carboxylic acids is 1. The molecule has 5 heteroatoms. The van der Waals surface area contributed by atoms with Gasteiger partial charge in [-0.25, -0.2) is 0 Å². The molecule has 0 unspecified atom stereocenters. The predicted molar refractivity (Wildman–Crippen MR) is 74.9 cm³/mol. The van der Waals surface area contributed by atoms with Crippen molar-refractivity contribution in [2.24, 2.45) is 0 Å². The highest BCUT2D eigenvalue weighted by molar-refractivity contribution is 5.66. The highest BCUT2D eigenvalue weighted by Gasteiger charge is 2.09. The van der Waals surface area contributed by atoms with Crippen LogP contribution in [-0.2, 0) is 11.3 Å². The Morgan fingerprint density at radius 3 is 2.63 bits per heavy atom. The molecular formula is C14H23N3O2. The van der Waals surface area contributed by atoms with Crippen LogP contribution in [0.3, 0.4) is 0 Å². The van der Waals surface area contributed by atoms with E-state index in [0.717, 1.165) is 25.2 Å². The molecular weight excluding hydrogens is 242 g/mol. The van der Waals surface area contributed by atoms with E-state index in [0.29, 0.717) is 13.1 Å². The van der Waals surface area contributed by atoms with E-state index in [1.54, 1.807) is 6.20 Å². The Balaban J connectivity index is 2.46. The lowest BCUT2D eigenvalue weighted by Crippen LogP contribution is -2.29. The van der Waals surface area contributed by atoms with Crippen molar-refractivity contribution >= 4 is 5.97 Å². The van der Waals surface area contributed by atoms with E-state index < -0.39 is 5.97 Å². The number of hydrogen-bond acceptors (Lipinski definition) is 4. The maximum atomic E-state index is 10.7. The Kier molecular flexibility index (Phi) is 7.07. The van der Waals surface area contributed by atoms with Crippen LogP contribution in [0.1, 0.15) is 18.5 Å². The molecule has 1 N–H and O–H groups in total. The number of carboxylic acid groups (broad SMARTS) is 1. The lowest BCUT2D eigenvalue weighted by molar-refractivity contribution is -0.137. The first kappa shape index (κ1) is 15.6. The SMILES string of the molecule is CN(C)CCCN(CCC(=O)O)Cc1ccccn1. The van der Waals surface area contributed by atoms with Gasteiger partial charge in [-0.1, -0.05) is 6.07 Å². The maximum absolute atomic E-state index is 10.7. The van der Waals surface area contributed by atoms with E-state index in [1.807, 2.05) is 32.3 Å². The van der Waals surface area contributed by atoms with Crippen molar-refractivity contribution in [3.05, 3.63) is 30.1 Å². The average Bonchev–Trinajstić information content (AvgIpc) is 2.36. The van der Waals surface area contributed by atoms with Crippen LogP contribution in [0.5, 0.6) is 0 Å². The minimum absolute atomic E-state index is 0.175. The molecule has 5 nitrogen and oxygen atoms in total. The van der Waals surface area contributed by atoms with E-state index in [9.17, 15) is 4.79 Å². The fourth-order valence-electron chi connectivity index (χ4n) is 1.85. The summed E-state index contributed by atoms with van der Waals surface area (Å²) in [6, 6.07) is 5.81. The predicted octanol–water partition coefficient (Wildman–Crippen LogP) is 1.31. The first-order valence-electron chi connectivity index (χ1n) is 6.56. The van der Waals surface area contributed by atoms with Crippen LogP contribution in [-0.4, -0.2) is 59.6 Å². The molecule has 0 amide bonds. The number of rotatable bonds is 9. The summed E-state index contributed by atoms with van der Waals surface area (Å²) in [5.74, 6) is -0.751. The standard InChI is InChI=1S/C14H23N3O2/c1-16(2)9-5-10-17(11-7-14(18)19)12-13-6-3-4-8-15-13/h3-4,6,8H,5,7,9-12H2,1-2H3,(H,18,19). The molecule has 19 heavy (non-hydrogen) atoms. The number of aromatic nitrogens is 1. The molecule has 0 saturated carbocycles. The van der Waals surface area contributed by atoms with Crippen molar-refractivity contribution in [1.82, 2.24) is 14.8 Å². The molecule has 0 saturated heterocycles. The molecule has 0 aliphatic rings. The number of carboxylic acids is 1. The fourth-order valence-corrected chi connectivity index (χ4v) is 1.85. The van der Waals surface area contributed by atoms with Crippen molar-refractivity contribution in [1.29, 1.82) is 0 Å². The summed E-state index contributed by atoms with van der Waals surface area (Å²) in [5, 5.41) is 8.79. The zero-order valence-electron chi connectivity index (χ0n) is 11.7. The van der Waals surface area contributed by atoms with Crippen LogP contribution in [0.15, 0.2) is 24.4 Å². The van der Waals surface area contributed by atoms with Gasteiger partial charge >= 0.3 is 5.97 Å². The number of carbonyl (C=O) groups is 1. The molecule has 0 aromatic carbocycles. The first-order chi connectivity index (χ1) is 9.08. The van der Waals surface area contributed by atoms with Crippen LogP contribution < -0.4 is 0 Å². The van der Waals surface area contributed by atoms with E-state index in [2.05, 4.69) is 14.8 Å². The Bertz CT molecular complexity index is 368. The van der Waals surface area contributed by atoms with Crippen molar-refractivity contribution in [2.75, 3.05) is 33.7 Å². The van der Waals surface area contributed by atoms with Crippen LogP contribution in [0.25, 0.3) is 0 Å². The quantitative estimate of drug-likeness (QED) is 0.729. The van der Waals surface area contributed by atoms with E-state index >= 15 is 0 Å². The van der Waals surface area contributed by atoms with E-state index in [4.69, 9.17) is 5.11 Å². The van der Waals surface area contributed by atoms with Crippen molar-refractivity contribution in [2.45, 2.75) is 19.4 Å². The van der Waals surface area contributed by atoms with Gasteiger partial charge in [0.1, 0.15) is 0 Å². The van der Waals surface area contributed by atoms with Crippen LogP contribution in [0.2, 0.25) is 0 Å². The summed E-state index contributed by atoms with van der Waals surface area (Å²) in [5.41, 5.74) is 0.984. The minimum atomic E-state index is -0.751. The Morgan fingerprint density at radius 1 is 1.26 bits per heavy atom. The number of pyridine rings is 1. The summed E-state index contributed by atoms with van der Waals surface area (Å²) in [4.78, 5) is 19.3. The second-order valence-electron chi connectivity index (χ2n) is 4.90. The molecule has 0 spiro atoms. The van der Waals surface area contributed by atoms with E-state index in [-0.39, 0.29) is 6.42 Å². The van der Waals surface area contributed by atoms with Crippen LogP contribution in [0.4, 0.5) is 0 Å². The van der Waals surface area contributed by atoms with Gasteiger partial charge in [-0.05, 0) is 45.7 Å².